The van der Waals surface area contributed by atoms with E-state index in [2.05, 4.69) is 10.4 Å². The van der Waals surface area contributed by atoms with E-state index in [0.717, 1.165) is 4.90 Å². The van der Waals surface area contributed by atoms with Crippen LogP contribution < -0.4 is 10.1 Å². The first kappa shape index (κ1) is 26.2. The summed E-state index contributed by atoms with van der Waals surface area (Å²) in [4.78, 5) is 57.2. The van der Waals surface area contributed by atoms with Gasteiger partial charge in [-0.3, -0.25) is 24.8 Å². The van der Waals surface area contributed by atoms with E-state index in [1.165, 1.54) is 12.1 Å². The number of imide groups is 2. The first-order chi connectivity index (χ1) is 19.9. The van der Waals surface area contributed by atoms with Crippen molar-refractivity contribution >= 4 is 30.0 Å². The smallest absolute Gasteiger partial charge is 0.331 e. The normalized spacial score (nSPS) is 24.6. The van der Waals surface area contributed by atoms with Crippen molar-refractivity contribution in [3.8, 4) is 5.75 Å². The summed E-state index contributed by atoms with van der Waals surface area (Å²) in [6.07, 6.45) is 1.61. The molecular formula is C31H28N4O6. The number of fused-ring (bicyclic) bond motifs is 4. The maximum Gasteiger partial charge on any atom is 0.331 e. The van der Waals surface area contributed by atoms with Crippen molar-refractivity contribution in [3.63, 3.8) is 0 Å². The Labute approximate surface area is 236 Å². The largest absolute Gasteiger partial charge is 0.497 e. The first-order valence-electron chi connectivity index (χ1n) is 13.3. The molecule has 3 aromatic carbocycles. The summed E-state index contributed by atoms with van der Waals surface area (Å²) < 4.78 is 10.8. The van der Waals surface area contributed by atoms with E-state index in [9.17, 15) is 19.2 Å². The van der Waals surface area contributed by atoms with Crippen molar-refractivity contribution in [1.82, 2.24) is 15.2 Å². The lowest BCUT2D eigenvalue weighted by Crippen LogP contribution is -2.66. The van der Waals surface area contributed by atoms with Gasteiger partial charge in [-0.25, -0.2) is 9.59 Å². The molecule has 4 atom stereocenters. The van der Waals surface area contributed by atoms with Gasteiger partial charge in [-0.15, -0.1) is 0 Å². The number of carbonyl (C=O) groups excluding carboxylic acids is 4. The molecule has 4 amide bonds. The molecule has 2 fully saturated rings. The van der Waals surface area contributed by atoms with Gasteiger partial charge < -0.3 is 9.47 Å². The number of hydrazone groups is 1. The number of rotatable bonds is 6. The zero-order chi connectivity index (χ0) is 28.7. The Bertz CT molecular complexity index is 1560. The topological polar surface area (TPSA) is 118 Å². The van der Waals surface area contributed by atoms with Gasteiger partial charge >= 0.3 is 12.0 Å². The third-order valence-corrected chi connectivity index (χ3v) is 8.03. The van der Waals surface area contributed by atoms with Gasteiger partial charge in [0.1, 0.15) is 5.75 Å². The maximum atomic E-state index is 14.9. The van der Waals surface area contributed by atoms with Crippen LogP contribution in [0.4, 0.5) is 4.79 Å². The molecule has 0 radical (unpaired) electrons. The molecule has 0 aromatic heterocycles. The average molecular weight is 553 g/mol. The summed E-state index contributed by atoms with van der Waals surface area (Å²) in [6, 6.07) is 20.3. The average Bonchev–Trinajstić information content (AvgIpc) is 3.32. The van der Waals surface area contributed by atoms with E-state index in [1.54, 1.807) is 49.5 Å². The summed E-state index contributed by atoms with van der Waals surface area (Å²) in [6.45, 7) is 1.73. The summed E-state index contributed by atoms with van der Waals surface area (Å²) in [5.41, 5.74) is 0.648. The van der Waals surface area contributed by atoms with E-state index in [1.807, 2.05) is 42.5 Å². The van der Waals surface area contributed by atoms with Crippen molar-refractivity contribution in [2.24, 2.45) is 10.5 Å². The van der Waals surface area contributed by atoms with Crippen LogP contribution in [0.15, 0.2) is 84.0 Å². The van der Waals surface area contributed by atoms with Crippen molar-refractivity contribution in [3.05, 3.63) is 101 Å². The predicted octanol–water partition coefficient (Wildman–Crippen LogP) is 3.38. The molecule has 3 aromatic rings. The van der Waals surface area contributed by atoms with Gasteiger partial charge in [0.2, 0.25) is 11.8 Å². The molecular weight excluding hydrogens is 524 g/mol. The third-order valence-electron chi connectivity index (χ3n) is 8.03. The summed E-state index contributed by atoms with van der Waals surface area (Å²) >= 11 is 0. The van der Waals surface area contributed by atoms with Crippen molar-refractivity contribution in [2.75, 3.05) is 13.7 Å². The highest BCUT2D eigenvalue weighted by Crippen LogP contribution is 2.61. The lowest BCUT2D eigenvalue weighted by Gasteiger charge is -2.44. The first-order valence-corrected chi connectivity index (χ1v) is 13.3. The van der Waals surface area contributed by atoms with Gasteiger partial charge in [0.15, 0.2) is 11.5 Å². The standard InChI is InChI=1S/C31H28N4O6/c1-3-41-27(36)25-24(20-13-15-22(40-2)16-14-20)31(26-23-12-8-7-11-21(23)17-32-35(25)26)28(37)33-30(39)34(29(31)38)18-19-9-5-4-6-10-19/h4-17,24-26H,3,18H2,1-2H3,(H,33,37,39)/t24-,25+,26?,31-/m0/s1. The molecule has 10 nitrogen and oxygen atoms in total. The number of nitrogens with zero attached hydrogens (tertiary/aromatic N) is 3. The van der Waals surface area contributed by atoms with Crippen LogP contribution in [0.25, 0.3) is 0 Å². The molecule has 0 saturated carbocycles. The number of nitrogens with one attached hydrogen (secondary N) is 1. The molecule has 0 bridgehead atoms. The zero-order valence-electron chi connectivity index (χ0n) is 22.5. The molecule has 0 aliphatic carbocycles. The molecule has 3 aliphatic rings. The molecule has 41 heavy (non-hydrogen) atoms. The number of esters is 1. The third kappa shape index (κ3) is 3.97. The zero-order valence-corrected chi connectivity index (χ0v) is 22.5. The van der Waals surface area contributed by atoms with Gasteiger partial charge in [0.05, 0.1) is 32.5 Å². The van der Waals surface area contributed by atoms with Gasteiger partial charge in [-0.2, -0.15) is 5.10 Å². The van der Waals surface area contributed by atoms with Crippen LogP contribution in [-0.2, 0) is 25.7 Å². The van der Waals surface area contributed by atoms with Crippen molar-refractivity contribution in [1.29, 1.82) is 0 Å². The van der Waals surface area contributed by atoms with E-state index < -0.39 is 47.2 Å². The summed E-state index contributed by atoms with van der Waals surface area (Å²) in [5.74, 6) is -2.61. The predicted molar refractivity (Wildman–Crippen MR) is 148 cm³/mol. The van der Waals surface area contributed by atoms with Gasteiger partial charge in [-0.1, -0.05) is 66.7 Å². The second kappa shape index (κ2) is 10.2. The fourth-order valence-electron chi connectivity index (χ4n) is 6.31. The van der Waals surface area contributed by atoms with E-state index >= 15 is 0 Å². The maximum absolute atomic E-state index is 14.9. The van der Waals surface area contributed by atoms with Crippen LogP contribution in [0.3, 0.4) is 0 Å². The molecule has 2 saturated heterocycles. The molecule has 3 heterocycles. The lowest BCUT2D eigenvalue weighted by atomic mass is 9.64. The Hall–Kier alpha value is -4.99. The highest BCUT2D eigenvalue weighted by atomic mass is 16.5. The van der Waals surface area contributed by atoms with Gasteiger partial charge in [0.25, 0.3) is 0 Å². The van der Waals surface area contributed by atoms with Gasteiger partial charge in [-0.05, 0) is 41.3 Å². The molecule has 1 unspecified atom stereocenters. The number of ether oxygens (including phenoxy) is 2. The minimum Gasteiger partial charge on any atom is -0.497 e. The SMILES string of the molecule is CCOC(=O)[C@H]1[C@H](c2ccc(OC)cc2)[C@@]2(C(=O)NC(=O)N(Cc3ccccc3)C2=O)C2c3ccccc3C=NN21. The second-order valence-electron chi connectivity index (χ2n) is 10.1. The van der Waals surface area contributed by atoms with E-state index in [-0.39, 0.29) is 13.2 Å². The Morgan fingerprint density at radius 2 is 1.68 bits per heavy atom. The molecule has 208 valence electrons. The Balaban J connectivity index is 1.61. The van der Waals surface area contributed by atoms with Crippen molar-refractivity contribution in [2.45, 2.75) is 31.5 Å². The van der Waals surface area contributed by atoms with Gasteiger partial charge in [0, 0.05) is 5.92 Å². The number of methoxy groups -OCH3 is 1. The number of urea groups is 1. The van der Waals surface area contributed by atoms with Crippen LogP contribution in [-0.4, -0.2) is 59.7 Å². The van der Waals surface area contributed by atoms with Crippen LogP contribution in [0.1, 0.15) is 41.1 Å². The Kier molecular flexibility index (Phi) is 6.53. The second-order valence-corrected chi connectivity index (χ2v) is 10.1. The summed E-state index contributed by atoms with van der Waals surface area (Å²) in [5, 5.41) is 8.59. The fourth-order valence-corrected chi connectivity index (χ4v) is 6.31. The van der Waals surface area contributed by atoms with Crippen molar-refractivity contribution < 1.29 is 28.7 Å². The molecule has 3 aliphatic heterocycles. The number of hydrogen-bond acceptors (Lipinski definition) is 8. The lowest BCUT2D eigenvalue weighted by molar-refractivity contribution is -0.155. The monoisotopic (exact) mass is 552 g/mol. The Morgan fingerprint density at radius 3 is 2.39 bits per heavy atom. The molecule has 1 N–H and O–H groups in total. The number of barbiturate groups is 1. The van der Waals surface area contributed by atoms with Crippen LogP contribution >= 0.6 is 0 Å². The summed E-state index contributed by atoms with van der Waals surface area (Å²) in [7, 11) is 1.53. The minimum absolute atomic E-state index is 0.0580. The number of hydrogen-bond donors (Lipinski definition) is 1. The van der Waals surface area contributed by atoms with E-state index in [4.69, 9.17) is 9.47 Å². The van der Waals surface area contributed by atoms with Crippen LogP contribution in [0.5, 0.6) is 5.75 Å². The Morgan fingerprint density at radius 1 is 0.976 bits per heavy atom. The molecule has 1 spiro atoms. The number of carbonyl (C=O) groups is 4. The van der Waals surface area contributed by atoms with E-state index in [0.29, 0.717) is 28.0 Å². The quantitative estimate of drug-likeness (QED) is 0.368. The number of benzene rings is 3. The fraction of sp³-hybridized carbons (Fsp3) is 0.258. The highest BCUT2D eigenvalue weighted by Gasteiger charge is 2.73. The minimum atomic E-state index is -1.94. The van der Waals surface area contributed by atoms with Crippen LogP contribution in [0, 0.1) is 5.41 Å². The molecule has 10 heteroatoms. The number of amides is 4. The molecule has 6 rings (SSSR count). The highest BCUT2D eigenvalue weighted by molar-refractivity contribution is 6.21. The van der Waals surface area contributed by atoms with Crippen LogP contribution in [0.2, 0.25) is 0 Å².